The van der Waals surface area contributed by atoms with E-state index in [1.807, 2.05) is 13.0 Å². The summed E-state index contributed by atoms with van der Waals surface area (Å²) in [6, 6.07) is 2.83. The van der Waals surface area contributed by atoms with Crippen LogP contribution < -0.4 is 4.90 Å². The Morgan fingerprint density at radius 2 is 2.00 bits per heavy atom. The van der Waals surface area contributed by atoms with Crippen LogP contribution in [-0.4, -0.2) is 38.2 Å². The zero-order valence-corrected chi connectivity index (χ0v) is 17.5. The predicted molar refractivity (Wildman–Crippen MR) is 109 cm³/mol. The Labute approximate surface area is 175 Å². The summed E-state index contributed by atoms with van der Waals surface area (Å²) in [6.45, 7) is 1.99. The summed E-state index contributed by atoms with van der Waals surface area (Å²) in [4.78, 5) is 27.3. The van der Waals surface area contributed by atoms with Gasteiger partial charge in [-0.1, -0.05) is 6.92 Å². The van der Waals surface area contributed by atoms with Gasteiger partial charge in [0.05, 0.1) is 29.1 Å². The van der Waals surface area contributed by atoms with Crippen molar-refractivity contribution in [1.29, 1.82) is 0 Å². The average molecular weight is 435 g/mol. The number of nitrogens with zero attached hydrogens (tertiary/aromatic N) is 5. The van der Waals surface area contributed by atoms with Gasteiger partial charge in [0.25, 0.3) is 0 Å². The summed E-state index contributed by atoms with van der Waals surface area (Å²) < 4.78 is 40.7. The van der Waals surface area contributed by atoms with Gasteiger partial charge >= 0.3 is 6.18 Å². The van der Waals surface area contributed by atoms with Gasteiger partial charge in [-0.05, 0) is 30.7 Å². The fraction of sp³-hybridized carbons (Fsp3) is 0.400. The molecule has 1 saturated carbocycles. The van der Waals surface area contributed by atoms with Gasteiger partial charge in [-0.2, -0.15) is 13.2 Å². The number of thioether (sulfide) groups is 1. The highest BCUT2D eigenvalue weighted by atomic mass is 32.2. The van der Waals surface area contributed by atoms with E-state index in [9.17, 15) is 18.0 Å². The molecule has 0 saturated heterocycles. The van der Waals surface area contributed by atoms with Crippen LogP contribution in [0.25, 0.3) is 22.6 Å². The molecule has 0 unspecified atom stereocenters. The second kappa shape index (κ2) is 7.57. The number of hydrogen-bond acceptors (Lipinski definition) is 5. The Kier molecular flexibility index (Phi) is 5.21. The number of pyridine rings is 2. The number of hydrogen-bond donors (Lipinski definition) is 0. The number of anilines is 1. The summed E-state index contributed by atoms with van der Waals surface area (Å²) in [7, 11) is 3.45. The lowest BCUT2D eigenvalue weighted by Gasteiger charge is -2.18. The molecule has 0 spiro atoms. The van der Waals surface area contributed by atoms with Crippen LogP contribution in [0.3, 0.4) is 0 Å². The van der Waals surface area contributed by atoms with E-state index in [1.165, 1.54) is 6.20 Å². The van der Waals surface area contributed by atoms with Crippen LogP contribution in [0.2, 0.25) is 0 Å². The van der Waals surface area contributed by atoms with Gasteiger partial charge in [0, 0.05) is 24.9 Å². The summed E-state index contributed by atoms with van der Waals surface area (Å²) >= 11 is 1.54. The van der Waals surface area contributed by atoms with Crippen LogP contribution in [0.4, 0.5) is 18.9 Å². The number of fused-ring (bicyclic) bond motifs is 1. The Bertz CT molecular complexity index is 1120. The number of halogens is 3. The van der Waals surface area contributed by atoms with E-state index in [-0.39, 0.29) is 17.3 Å². The number of carbonyl (C=O) groups excluding carboxylic acids is 1. The lowest BCUT2D eigenvalue weighted by molar-refractivity contribution is -0.141. The number of amides is 1. The predicted octanol–water partition coefficient (Wildman–Crippen LogP) is 4.53. The molecule has 0 bridgehead atoms. The van der Waals surface area contributed by atoms with Crippen molar-refractivity contribution in [2.45, 2.75) is 30.8 Å². The average Bonchev–Trinajstić information content (AvgIpc) is 3.50. The van der Waals surface area contributed by atoms with Crippen molar-refractivity contribution in [2.24, 2.45) is 13.0 Å². The summed E-state index contributed by atoms with van der Waals surface area (Å²) in [5.41, 5.74) is 0.953. The van der Waals surface area contributed by atoms with Crippen molar-refractivity contribution in [3.8, 4) is 11.5 Å². The van der Waals surface area contributed by atoms with Gasteiger partial charge < -0.3 is 9.47 Å². The number of rotatable bonds is 5. The second-order valence-corrected chi connectivity index (χ2v) is 8.50. The Morgan fingerprint density at radius 3 is 2.63 bits per heavy atom. The minimum Gasteiger partial charge on any atom is -0.325 e. The van der Waals surface area contributed by atoms with Gasteiger partial charge in [0.1, 0.15) is 11.4 Å². The molecule has 3 heterocycles. The molecule has 0 aromatic carbocycles. The lowest BCUT2D eigenvalue weighted by Crippen LogP contribution is -2.27. The molecule has 0 atom stereocenters. The maximum absolute atomic E-state index is 13.0. The van der Waals surface area contributed by atoms with E-state index in [2.05, 4.69) is 15.0 Å². The van der Waals surface area contributed by atoms with E-state index < -0.39 is 11.9 Å². The van der Waals surface area contributed by atoms with Crippen molar-refractivity contribution < 1.29 is 18.0 Å². The Balaban J connectivity index is 1.77. The quantitative estimate of drug-likeness (QED) is 0.551. The first-order valence-corrected chi connectivity index (χ1v) is 10.5. The summed E-state index contributed by atoms with van der Waals surface area (Å²) in [5.74, 6) is 1.38. The van der Waals surface area contributed by atoms with Crippen molar-refractivity contribution >= 4 is 34.4 Å². The number of alkyl halides is 3. The Hall–Kier alpha value is -2.62. The molecule has 3 aromatic heterocycles. The summed E-state index contributed by atoms with van der Waals surface area (Å²) in [6.07, 6.45) is 0.0810. The van der Waals surface area contributed by atoms with Crippen molar-refractivity contribution in [1.82, 2.24) is 19.5 Å². The highest BCUT2D eigenvalue weighted by Crippen LogP contribution is 2.36. The molecule has 6 nitrogen and oxygen atoms in total. The molecular weight excluding hydrogens is 415 g/mol. The first-order chi connectivity index (χ1) is 14.2. The first-order valence-electron chi connectivity index (χ1n) is 9.51. The van der Waals surface area contributed by atoms with E-state index >= 15 is 0 Å². The van der Waals surface area contributed by atoms with E-state index in [0.29, 0.717) is 22.7 Å². The molecular formula is C20H20F3N5OS. The maximum Gasteiger partial charge on any atom is 0.433 e. The van der Waals surface area contributed by atoms with Crippen molar-refractivity contribution in [2.75, 3.05) is 17.7 Å². The van der Waals surface area contributed by atoms with Crippen LogP contribution >= 0.6 is 11.8 Å². The molecule has 1 fully saturated rings. The Morgan fingerprint density at radius 1 is 1.27 bits per heavy atom. The molecule has 0 N–H and O–H groups in total. The van der Waals surface area contributed by atoms with Gasteiger partial charge in [-0.3, -0.25) is 4.79 Å². The molecule has 1 aliphatic rings. The smallest absolute Gasteiger partial charge is 0.325 e. The van der Waals surface area contributed by atoms with Crippen molar-refractivity contribution in [3.05, 3.63) is 30.2 Å². The highest BCUT2D eigenvalue weighted by molar-refractivity contribution is 7.99. The number of aryl methyl sites for hydroxylation is 1. The zero-order chi connectivity index (χ0) is 21.6. The minimum atomic E-state index is -4.53. The number of carbonyl (C=O) groups is 1. The van der Waals surface area contributed by atoms with Crippen LogP contribution in [0.15, 0.2) is 29.4 Å². The van der Waals surface area contributed by atoms with E-state index in [1.54, 1.807) is 41.5 Å². The molecule has 158 valence electrons. The third kappa shape index (κ3) is 3.76. The highest BCUT2D eigenvalue weighted by Gasteiger charge is 2.34. The van der Waals surface area contributed by atoms with Gasteiger partial charge in [0.2, 0.25) is 5.91 Å². The van der Waals surface area contributed by atoms with Crippen LogP contribution in [0.1, 0.15) is 25.5 Å². The molecule has 0 radical (unpaired) electrons. The first kappa shape index (κ1) is 20.6. The van der Waals surface area contributed by atoms with Crippen molar-refractivity contribution in [3.63, 3.8) is 0 Å². The molecule has 30 heavy (non-hydrogen) atoms. The minimum absolute atomic E-state index is 0.0745. The molecule has 4 rings (SSSR count). The molecule has 10 heteroatoms. The lowest BCUT2D eigenvalue weighted by atomic mass is 10.2. The van der Waals surface area contributed by atoms with Crippen LogP contribution in [-0.2, 0) is 18.0 Å². The maximum atomic E-state index is 13.0. The number of aromatic nitrogens is 4. The molecule has 0 aliphatic heterocycles. The standard InChI is InChI=1S/C20H20F3N5OS/c1-4-30-15-7-12(27(2)19(29)11-5-6-11)9-25-17(15)18-26-13-8-16(20(21,22)23)24-10-14(13)28(18)3/h7-11H,4-6H2,1-3H3. The molecule has 1 amide bonds. The zero-order valence-electron chi connectivity index (χ0n) is 16.7. The fourth-order valence-electron chi connectivity index (χ4n) is 3.24. The van der Waals surface area contributed by atoms with E-state index in [4.69, 9.17) is 0 Å². The van der Waals surface area contributed by atoms with Gasteiger partial charge in [0.15, 0.2) is 5.82 Å². The topological polar surface area (TPSA) is 63.9 Å². The SMILES string of the molecule is CCSc1cc(N(C)C(=O)C2CC2)cnc1-c1nc2cc(C(F)(F)F)ncc2n1C. The third-order valence-electron chi connectivity index (χ3n) is 5.05. The summed E-state index contributed by atoms with van der Waals surface area (Å²) in [5, 5.41) is 0. The second-order valence-electron chi connectivity index (χ2n) is 7.20. The van der Waals surface area contributed by atoms with Gasteiger partial charge in [-0.15, -0.1) is 11.8 Å². The molecule has 3 aromatic rings. The van der Waals surface area contributed by atoms with E-state index in [0.717, 1.165) is 29.6 Å². The van der Waals surface area contributed by atoms with Crippen LogP contribution in [0, 0.1) is 5.92 Å². The fourth-order valence-corrected chi connectivity index (χ4v) is 4.03. The van der Waals surface area contributed by atoms with Crippen LogP contribution in [0.5, 0.6) is 0 Å². The monoisotopic (exact) mass is 435 g/mol. The molecule has 1 aliphatic carbocycles. The largest absolute Gasteiger partial charge is 0.433 e. The third-order valence-corrected chi connectivity index (χ3v) is 5.96. The normalized spacial score (nSPS) is 14.3. The van der Waals surface area contributed by atoms with Gasteiger partial charge in [-0.25, -0.2) is 15.0 Å². The number of imidazole rings is 1.